The molecule has 2 aromatic rings. The SMILES string of the molecule is CCCNC(Cc1cccc(Cl)c1F)c1ccncn1. The van der Waals surface area contributed by atoms with Crippen LogP contribution in [0.15, 0.2) is 36.8 Å². The Morgan fingerprint density at radius 1 is 1.35 bits per heavy atom. The smallest absolute Gasteiger partial charge is 0.145 e. The van der Waals surface area contributed by atoms with Crippen molar-refractivity contribution < 1.29 is 4.39 Å². The fourth-order valence-electron chi connectivity index (χ4n) is 2.03. The van der Waals surface area contributed by atoms with Crippen LogP contribution in [0.25, 0.3) is 0 Å². The zero-order chi connectivity index (χ0) is 14.4. The Hall–Kier alpha value is -1.52. The molecule has 0 saturated carbocycles. The van der Waals surface area contributed by atoms with E-state index in [1.54, 1.807) is 24.4 Å². The van der Waals surface area contributed by atoms with Crippen molar-refractivity contribution in [1.29, 1.82) is 0 Å². The number of hydrogen-bond donors (Lipinski definition) is 1. The van der Waals surface area contributed by atoms with Gasteiger partial charge >= 0.3 is 0 Å². The number of halogens is 2. The number of nitrogens with zero attached hydrogens (tertiary/aromatic N) is 2. The van der Waals surface area contributed by atoms with Crippen LogP contribution in [-0.4, -0.2) is 16.5 Å². The molecule has 0 aliphatic carbocycles. The molecule has 0 saturated heterocycles. The van der Waals surface area contributed by atoms with Gasteiger partial charge in [0.15, 0.2) is 0 Å². The van der Waals surface area contributed by atoms with Crippen LogP contribution < -0.4 is 5.32 Å². The molecule has 1 N–H and O–H groups in total. The summed E-state index contributed by atoms with van der Waals surface area (Å²) in [5.74, 6) is -0.355. The molecule has 5 heteroatoms. The lowest BCUT2D eigenvalue weighted by molar-refractivity contribution is 0.502. The molecule has 1 aromatic heterocycles. The van der Waals surface area contributed by atoms with Crippen LogP contribution in [0.4, 0.5) is 4.39 Å². The largest absolute Gasteiger partial charge is 0.308 e. The van der Waals surface area contributed by atoms with Gasteiger partial charge in [-0.05, 0) is 37.1 Å². The molecular formula is C15H17ClFN3. The van der Waals surface area contributed by atoms with Crippen molar-refractivity contribution in [3.63, 3.8) is 0 Å². The number of nitrogens with one attached hydrogen (secondary N) is 1. The fourth-order valence-corrected chi connectivity index (χ4v) is 2.23. The van der Waals surface area contributed by atoms with Gasteiger partial charge in [-0.25, -0.2) is 14.4 Å². The Labute approximate surface area is 123 Å². The van der Waals surface area contributed by atoms with E-state index in [0.717, 1.165) is 18.7 Å². The van der Waals surface area contributed by atoms with Crippen molar-refractivity contribution in [2.24, 2.45) is 0 Å². The molecule has 0 fully saturated rings. The third kappa shape index (κ3) is 3.74. The van der Waals surface area contributed by atoms with Crippen molar-refractivity contribution in [2.45, 2.75) is 25.8 Å². The average molecular weight is 294 g/mol. The van der Waals surface area contributed by atoms with Crippen molar-refractivity contribution in [3.8, 4) is 0 Å². The third-order valence-electron chi connectivity index (χ3n) is 3.06. The highest BCUT2D eigenvalue weighted by Gasteiger charge is 2.16. The predicted octanol–water partition coefficient (Wildman–Crippen LogP) is 3.55. The van der Waals surface area contributed by atoms with Crippen molar-refractivity contribution in [3.05, 3.63) is 58.9 Å². The van der Waals surface area contributed by atoms with Crippen molar-refractivity contribution in [1.82, 2.24) is 15.3 Å². The van der Waals surface area contributed by atoms with E-state index in [-0.39, 0.29) is 16.9 Å². The minimum absolute atomic E-state index is 0.0501. The van der Waals surface area contributed by atoms with Gasteiger partial charge in [0.05, 0.1) is 16.8 Å². The second-order valence-electron chi connectivity index (χ2n) is 4.56. The third-order valence-corrected chi connectivity index (χ3v) is 3.35. The lowest BCUT2D eigenvalue weighted by Gasteiger charge is -2.18. The highest BCUT2D eigenvalue weighted by molar-refractivity contribution is 6.30. The maximum Gasteiger partial charge on any atom is 0.145 e. The summed E-state index contributed by atoms with van der Waals surface area (Å²) >= 11 is 5.83. The van der Waals surface area contributed by atoms with Gasteiger partial charge < -0.3 is 5.32 Å². The molecule has 0 radical (unpaired) electrons. The number of hydrogen-bond acceptors (Lipinski definition) is 3. The maximum absolute atomic E-state index is 14.0. The number of aromatic nitrogens is 2. The first kappa shape index (κ1) is 14.9. The molecule has 0 amide bonds. The minimum atomic E-state index is -0.355. The van der Waals surface area contributed by atoms with E-state index in [1.165, 1.54) is 6.33 Å². The summed E-state index contributed by atoms with van der Waals surface area (Å²) < 4.78 is 14.0. The monoisotopic (exact) mass is 293 g/mol. The molecule has 1 aromatic carbocycles. The zero-order valence-electron chi connectivity index (χ0n) is 11.3. The Morgan fingerprint density at radius 2 is 2.20 bits per heavy atom. The van der Waals surface area contributed by atoms with E-state index in [1.807, 2.05) is 6.07 Å². The van der Waals surface area contributed by atoms with E-state index >= 15 is 0 Å². The first-order valence-electron chi connectivity index (χ1n) is 6.64. The lowest BCUT2D eigenvalue weighted by Crippen LogP contribution is -2.25. The van der Waals surface area contributed by atoms with Crippen LogP contribution in [0.3, 0.4) is 0 Å². The molecule has 1 atom stereocenters. The second kappa shape index (κ2) is 7.31. The van der Waals surface area contributed by atoms with Gasteiger partial charge in [0.2, 0.25) is 0 Å². The Balaban J connectivity index is 2.21. The van der Waals surface area contributed by atoms with Gasteiger partial charge in [0.25, 0.3) is 0 Å². The fraction of sp³-hybridized carbons (Fsp3) is 0.333. The van der Waals surface area contributed by atoms with Crippen LogP contribution in [0, 0.1) is 5.82 Å². The van der Waals surface area contributed by atoms with Gasteiger partial charge in [-0.1, -0.05) is 30.7 Å². The molecule has 0 bridgehead atoms. The predicted molar refractivity (Wildman–Crippen MR) is 78.2 cm³/mol. The molecular weight excluding hydrogens is 277 g/mol. The summed E-state index contributed by atoms with van der Waals surface area (Å²) in [6.07, 6.45) is 4.70. The van der Waals surface area contributed by atoms with Crippen LogP contribution in [-0.2, 0) is 6.42 Å². The highest BCUT2D eigenvalue weighted by atomic mass is 35.5. The van der Waals surface area contributed by atoms with Crippen molar-refractivity contribution >= 4 is 11.6 Å². The first-order chi connectivity index (χ1) is 9.72. The summed E-state index contributed by atoms with van der Waals surface area (Å²) in [6, 6.07) is 6.86. The van der Waals surface area contributed by atoms with E-state index in [0.29, 0.717) is 12.0 Å². The summed E-state index contributed by atoms with van der Waals surface area (Å²) in [6.45, 7) is 2.93. The lowest BCUT2D eigenvalue weighted by atomic mass is 10.0. The van der Waals surface area contributed by atoms with Crippen LogP contribution in [0.2, 0.25) is 5.02 Å². The minimum Gasteiger partial charge on any atom is -0.308 e. The van der Waals surface area contributed by atoms with Crippen molar-refractivity contribution in [2.75, 3.05) is 6.54 Å². The van der Waals surface area contributed by atoms with Gasteiger partial charge in [-0.3, -0.25) is 0 Å². The molecule has 1 heterocycles. The summed E-state index contributed by atoms with van der Waals surface area (Å²) in [7, 11) is 0. The highest BCUT2D eigenvalue weighted by Crippen LogP contribution is 2.23. The van der Waals surface area contributed by atoms with E-state index < -0.39 is 0 Å². The molecule has 2 rings (SSSR count). The van der Waals surface area contributed by atoms with Crippen LogP contribution >= 0.6 is 11.6 Å². The van der Waals surface area contributed by atoms with E-state index in [4.69, 9.17) is 11.6 Å². The Bertz CT molecular complexity index is 548. The zero-order valence-corrected chi connectivity index (χ0v) is 12.1. The van der Waals surface area contributed by atoms with E-state index in [9.17, 15) is 4.39 Å². The molecule has 0 aliphatic heterocycles. The Kier molecular flexibility index (Phi) is 5.44. The maximum atomic E-state index is 14.0. The van der Waals surface area contributed by atoms with Gasteiger partial charge in [0.1, 0.15) is 12.1 Å². The molecule has 20 heavy (non-hydrogen) atoms. The van der Waals surface area contributed by atoms with Gasteiger partial charge in [0, 0.05) is 6.20 Å². The summed E-state index contributed by atoms with van der Waals surface area (Å²) in [5, 5.41) is 3.53. The second-order valence-corrected chi connectivity index (χ2v) is 4.97. The first-order valence-corrected chi connectivity index (χ1v) is 7.02. The Morgan fingerprint density at radius 3 is 2.90 bits per heavy atom. The molecule has 0 aliphatic rings. The van der Waals surface area contributed by atoms with Gasteiger partial charge in [-0.15, -0.1) is 0 Å². The van der Waals surface area contributed by atoms with Crippen LogP contribution in [0.1, 0.15) is 30.6 Å². The average Bonchev–Trinajstić information content (AvgIpc) is 2.48. The quantitative estimate of drug-likeness (QED) is 0.885. The molecule has 1 unspecified atom stereocenters. The number of benzene rings is 1. The molecule has 0 spiro atoms. The normalized spacial score (nSPS) is 12.3. The molecule has 106 valence electrons. The topological polar surface area (TPSA) is 37.8 Å². The van der Waals surface area contributed by atoms with E-state index in [2.05, 4.69) is 22.2 Å². The standard InChI is InChI=1S/C15H17ClFN3/c1-2-7-19-14(13-6-8-18-10-20-13)9-11-4-3-5-12(16)15(11)17/h3-6,8,10,14,19H,2,7,9H2,1H3. The van der Waals surface area contributed by atoms with Gasteiger partial charge in [-0.2, -0.15) is 0 Å². The van der Waals surface area contributed by atoms with Crippen LogP contribution in [0.5, 0.6) is 0 Å². The molecule has 3 nitrogen and oxygen atoms in total. The number of rotatable bonds is 6. The summed E-state index contributed by atoms with van der Waals surface area (Å²) in [5.41, 5.74) is 1.44. The summed E-state index contributed by atoms with van der Waals surface area (Å²) in [4.78, 5) is 8.16.